The maximum absolute atomic E-state index is 13.8. The van der Waals surface area contributed by atoms with Crippen LogP contribution in [0.15, 0.2) is 35.0 Å². The SMILES string of the molecule is CCNC(CCc1ccsc1)c1c(F)cccc1F. The van der Waals surface area contributed by atoms with Crippen LogP contribution in [0, 0.1) is 11.6 Å². The Bertz CT molecular complexity index is 491. The quantitative estimate of drug-likeness (QED) is 0.832. The lowest BCUT2D eigenvalue weighted by Crippen LogP contribution is -2.23. The molecule has 0 amide bonds. The first-order valence-corrected chi connectivity index (χ1v) is 7.35. The summed E-state index contributed by atoms with van der Waals surface area (Å²) in [5, 5.41) is 7.25. The Kier molecular flexibility index (Phi) is 5.05. The molecule has 0 fully saturated rings. The van der Waals surface area contributed by atoms with Gasteiger partial charge in [-0.05, 0) is 53.9 Å². The van der Waals surface area contributed by atoms with Crippen LogP contribution in [0.3, 0.4) is 0 Å². The minimum absolute atomic E-state index is 0.152. The van der Waals surface area contributed by atoms with Gasteiger partial charge in [-0.1, -0.05) is 13.0 Å². The standard InChI is InChI=1S/C15H17F2NS/c1-2-18-14(7-6-11-8-9-19-10-11)15-12(16)4-3-5-13(15)17/h3-5,8-10,14,18H,2,6-7H2,1H3. The Balaban J connectivity index is 2.15. The topological polar surface area (TPSA) is 12.0 Å². The summed E-state index contributed by atoms with van der Waals surface area (Å²) in [4.78, 5) is 0. The predicted molar refractivity (Wildman–Crippen MR) is 75.4 cm³/mol. The molecule has 0 saturated carbocycles. The molecule has 1 unspecified atom stereocenters. The Hall–Kier alpha value is -1.26. The molecule has 1 heterocycles. The zero-order valence-electron chi connectivity index (χ0n) is 10.8. The van der Waals surface area contributed by atoms with Crippen LogP contribution in [0.25, 0.3) is 0 Å². The molecule has 2 aromatic rings. The van der Waals surface area contributed by atoms with E-state index in [9.17, 15) is 8.78 Å². The van der Waals surface area contributed by atoms with Gasteiger partial charge in [0.15, 0.2) is 0 Å². The molecular formula is C15H17F2NS. The van der Waals surface area contributed by atoms with E-state index in [1.807, 2.05) is 18.4 Å². The van der Waals surface area contributed by atoms with Gasteiger partial charge in [-0.3, -0.25) is 0 Å². The van der Waals surface area contributed by atoms with Crippen molar-refractivity contribution in [3.8, 4) is 0 Å². The number of nitrogens with one attached hydrogen (secondary N) is 1. The van der Waals surface area contributed by atoms with Crippen molar-refractivity contribution in [2.45, 2.75) is 25.8 Å². The summed E-state index contributed by atoms with van der Waals surface area (Å²) in [5.74, 6) is -0.951. The summed E-state index contributed by atoms with van der Waals surface area (Å²) in [7, 11) is 0. The van der Waals surface area contributed by atoms with Crippen LogP contribution in [0.5, 0.6) is 0 Å². The van der Waals surface area contributed by atoms with Gasteiger partial charge in [0, 0.05) is 11.6 Å². The Morgan fingerprint density at radius 1 is 1.21 bits per heavy atom. The van der Waals surface area contributed by atoms with Crippen LogP contribution in [0.1, 0.15) is 30.5 Å². The molecule has 1 nitrogen and oxygen atoms in total. The molecule has 2 rings (SSSR count). The monoisotopic (exact) mass is 281 g/mol. The van der Waals surface area contributed by atoms with Crippen molar-refractivity contribution in [2.75, 3.05) is 6.54 Å². The molecule has 0 radical (unpaired) electrons. The van der Waals surface area contributed by atoms with Crippen molar-refractivity contribution in [3.63, 3.8) is 0 Å². The van der Waals surface area contributed by atoms with Crippen LogP contribution < -0.4 is 5.32 Å². The number of thiophene rings is 1. The van der Waals surface area contributed by atoms with Crippen LogP contribution in [-0.2, 0) is 6.42 Å². The first-order valence-electron chi connectivity index (χ1n) is 6.40. The minimum Gasteiger partial charge on any atom is -0.310 e. The molecule has 19 heavy (non-hydrogen) atoms. The highest BCUT2D eigenvalue weighted by Crippen LogP contribution is 2.25. The van der Waals surface area contributed by atoms with E-state index < -0.39 is 11.6 Å². The van der Waals surface area contributed by atoms with Crippen LogP contribution in [0.4, 0.5) is 8.78 Å². The maximum Gasteiger partial charge on any atom is 0.130 e. The average molecular weight is 281 g/mol. The number of hydrogen-bond donors (Lipinski definition) is 1. The molecule has 0 bridgehead atoms. The van der Waals surface area contributed by atoms with E-state index in [2.05, 4.69) is 10.7 Å². The van der Waals surface area contributed by atoms with Gasteiger partial charge in [0.05, 0.1) is 0 Å². The molecule has 1 atom stereocenters. The minimum atomic E-state index is -0.476. The summed E-state index contributed by atoms with van der Waals surface area (Å²) in [6.07, 6.45) is 1.50. The third-order valence-corrected chi connectivity index (χ3v) is 3.83. The first kappa shape index (κ1) is 14.2. The molecule has 1 aromatic carbocycles. The molecular weight excluding hydrogens is 264 g/mol. The fourth-order valence-corrected chi connectivity index (χ4v) is 2.89. The molecule has 0 aliphatic heterocycles. The molecule has 0 aliphatic rings. The van der Waals surface area contributed by atoms with E-state index >= 15 is 0 Å². The summed E-state index contributed by atoms with van der Waals surface area (Å²) in [6, 6.07) is 5.79. The summed E-state index contributed by atoms with van der Waals surface area (Å²) in [6.45, 7) is 2.62. The number of rotatable bonds is 6. The van der Waals surface area contributed by atoms with Crippen LogP contribution >= 0.6 is 11.3 Å². The van der Waals surface area contributed by atoms with E-state index in [1.54, 1.807) is 11.3 Å². The van der Waals surface area contributed by atoms with E-state index in [-0.39, 0.29) is 11.6 Å². The largest absolute Gasteiger partial charge is 0.310 e. The van der Waals surface area contributed by atoms with Crippen molar-refractivity contribution in [1.29, 1.82) is 0 Å². The molecule has 4 heteroatoms. The summed E-state index contributed by atoms with van der Waals surface area (Å²) >= 11 is 1.64. The number of hydrogen-bond acceptors (Lipinski definition) is 2. The predicted octanol–water partition coefficient (Wildman–Crippen LogP) is 4.31. The fraction of sp³-hybridized carbons (Fsp3) is 0.333. The molecule has 0 aliphatic carbocycles. The van der Waals surface area contributed by atoms with Gasteiger partial charge >= 0.3 is 0 Å². The maximum atomic E-state index is 13.8. The second-order valence-corrected chi connectivity index (χ2v) is 5.20. The van der Waals surface area contributed by atoms with E-state index in [1.165, 1.54) is 23.8 Å². The smallest absolute Gasteiger partial charge is 0.130 e. The first-order chi connectivity index (χ1) is 9.22. The van der Waals surface area contributed by atoms with Gasteiger partial charge in [-0.15, -0.1) is 0 Å². The van der Waals surface area contributed by atoms with Gasteiger partial charge in [0.2, 0.25) is 0 Å². The van der Waals surface area contributed by atoms with Gasteiger partial charge in [0.1, 0.15) is 11.6 Å². The van der Waals surface area contributed by atoms with Crippen molar-refractivity contribution in [3.05, 3.63) is 57.8 Å². The highest BCUT2D eigenvalue weighted by atomic mass is 32.1. The molecule has 1 aromatic heterocycles. The summed E-state index contributed by atoms with van der Waals surface area (Å²) in [5.41, 5.74) is 1.37. The molecule has 102 valence electrons. The lowest BCUT2D eigenvalue weighted by molar-refractivity contribution is 0.454. The average Bonchev–Trinajstić information content (AvgIpc) is 2.88. The number of benzene rings is 1. The van der Waals surface area contributed by atoms with Crippen LogP contribution in [-0.4, -0.2) is 6.54 Å². The van der Waals surface area contributed by atoms with Crippen LogP contribution in [0.2, 0.25) is 0 Å². The molecule has 0 spiro atoms. The van der Waals surface area contributed by atoms with Crippen molar-refractivity contribution >= 4 is 11.3 Å². The highest BCUT2D eigenvalue weighted by molar-refractivity contribution is 7.07. The van der Waals surface area contributed by atoms with Gasteiger partial charge in [-0.2, -0.15) is 11.3 Å². The Morgan fingerprint density at radius 3 is 2.53 bits per heavy atom. The highest BCUT2D eigenvalue weighted by Gasteiger charge is 2.19. The zero-order chi connectivity index (χ0) is 13.7. The fourth-order valence-electron chi connectivity index (χ4n) is 2.18. The van der Waals surface area contributed by atoms with Gasteiger partial charge in [0.25, 0.3) is 0 Å². The van der Waals surface area contributed by atoms with Crippen molar-refractivity contribution < 1.29 is 8.78 Å². The zero-order valence-corrected chi connectivity index (χ0v) is 11.6. The third kappa shape index (κ3) is 3.61. The lowest BCUT2D eigenvalue weighted by Gasteiger charge is -2.19. The molecule has 0 saturated heterocycles. The second kappa shape index (κ2) is 6.78. The number of aryl methyl sites for hydroxylation is 1. The van der Waals surface area contributed by atoms with E-state index in [0.717, 1.165) is 6.42 Å². The van der Waals surface area contributed by atoms with E-state index in [4.69, 9.17) is 0 Å². The van der Waals surface area contributed by atoms with Crippen molar-refractivity contribution in [1.82, 2.24) is 5.32 Å². The Morgan fingerprint density at radius 2 is 1.95 bits per heavy atom. The Labute approximate surface area is 116 Å². The third-order valence-electron chi connectivity index (χ3n) is 3.10. The van der Waals surface area contributed by atoms with Crippen molar-refractivity contribution in [2.24, 2.45) is 0 Å². The van der Waals surface area contributed by atoms with Gasteiger partial charge < -0.3 is 5.32 Å². The normalized spacial score (nSPS) is 12.6. The molecule has 1 N–H and O–H groups in total. The lowest BCUT2D eigenvalue weighted by atomic mass is 9.99. The summed E-state index contributed by atoms with van der Waals surface area (Å²) < 4.78 is 27.6. The van der Waals surface area contributed by atoms with E-state index in [0.29, 0.717) is 13.0 Å². The van der Waals surface area contributed by atoms with Gasteiger partial charge in [-0.25, -0.2) is 8.78 Å². The second-order valence-electron chi connectivity index (χ2n) is 4.42. The number of halogens is 2.